The van der Waals surface area contributed by atoms with E-state index in [0.29, 0.717) is 5.92 Å². The van der Waals surface area contributed by atoms with Crippen molar-refractivity contribution in [3.05, 3.63) is 29.8 Å². The van der Waals surface area contributed by atoms with Gasteiger partial charge in [-0.1, -0.05) is 45.9 Å². The van der Waals surface area contributed by atoms with Crippen molar-refractivity contribution in [1.82, 2.24) is 0 Å². The van der Waals surface area contributed by atoms with Crippen LogP contribution in [0.1, 0.15) is 33.3 Å². The first-order chi connectivity index (χ1) is 6.50. The van der Waals surface area contributed by atoms with Crippen LogP contribution in [0.5, 0.6) is 0 Å². The molecule has 1 aromatic carbocycles. The third kappa shape index (κ3) is 2.14. The number of benzene rings is 1. The minimum atomic E-state index is 0.263. The molecule has 0 aliphatic carbocycles. The lowest BCUT2D eigenvalue weighted by Gasteiger charge is -2.31. The molecule has 1 rings (SSSR count). The molecule has 1 heteroatoms. The van der Waals surface area contributed by atoms with Crippen molar-refractivity contribution in [1.29, 1.82) is 0 Å². The normalized spacial score (nSPS) is 12.1. The molecule has 0 aromatic heterocycles. The number of thioether (sulfide) groups is 1. The molecule has 0 saturated carbocycles. The number of rotatable bonds is 3. The molecule has 14 heavy (non-hydrogen) atoms. The Morgan fingerprint density at radius 3 is 2.21 bits per heavy atom. The van der Waals surface area contributed by atoms with E-state index in [2.05, 4.69) is 58.2 Å². The largest absolute Gasteiger partial charge is 0.129 e. The molecule has 0 bridgehead atoms. The Hall–Kier alpha value is -0.430. The maximum absolute atomic E-state index is 2.33. The lowest BCUT2D eigenvalue weighted by Crippen LogP contribution is -2.25. The lowest BCUT2D eigenvalue weighted by molar-refractivity contribution is 0.366. The minimum absolute atomic E-state index is 0.263. The second-order valence-corrected chi connectivity index (χ2v) is 5.42. The zero-order chi connectivity index (χ0) is 10.8. The van der Waals surface area contributed by atoms with E-state index in [9.17, 15) is 0 Å². The summed E-state index contributed by atoms with van der Waals surface area (Å²) in [5, 5.41) is 0. The molecule has 0 fully saturated rings. The Morgan fingerprint density at radius 1 is 1.14 bits per heavy atom. The van der Waals surface area contributed by atoms with E-state index in [1.54, 1.807) is 0 Å². The van der Waals surface area contributed by atoms with Crippen LogP contribution in [-0.2, 0) is 5.41 Å². The average molecular weight is 208 g/mol. The molecule has 0 radical (unpaired) electrons. The average Bonchev–Trinajstić information content (AvgIpc) is 2.17. The highest BCUT2D eigenvalue weighted by molar-refractivity contribution is 7.98. The van der Waals surface area contributed by atoms with Gasteiger partial charge in [-0.05, 0) is 29.2 Å². The molecule has 0 aliphatic rings. The van der Waals surface area contributed by atoms with Gasteiger partial charge >= 0.3 is 0 Å². The molecule has 0 nitrogen and oxygen atoms in total. The monoisotopic (exact) mass is 208 g/mol. The zero-order valence-corrected chi connectivity index (χ0v) is 10.6. The Balaban J connectivity index is 3.17. The summed E-state index contributed by atoms with van der Waals surface area (Å²) in [6.07, 6.45) is 2.15. The fourth-order valence-electron chi connectivity index (χ4n) is 1.49. The van der Waals surface area contributed by atoms with Gasteiger partial charge in [0.25, 0.3) is 0 Å². The molecule has 0 saturated heterocycles. The lowest BCUT2D eigenvalue weighted by atomic mass is 9.75. The van der Waals surface area contributed by atoms with E-state index in [0.717, 1.165) is 0 Å². The standard InChI is InChI=1S/C13H20S/c1-10(2)13(3,4)11-8-6-7-9-12(11)14-5/h6-10H,1-5H3. The maximum Gasteiger partial charge on any atom is 0.0107 e. The van der Waals surface area contributed by atoms with Crippen LogP contribution < -0.4 is 0 Å². The molecule has 1 aromatic rings. The van der Waals surface area contributed by atoms with Crippen LogP contribution in [0.4, 0.5) is 0 Å². The van der Waals surface area contributed by atoms with Crippen molar-refractivity contribution in [2.75, 3.05) is 6.26 Å². The molecule has 78 valence electrons. The molecule has 0 aliphatic heterocycles. The van der Waals surface area contributed by atoms with Gasteiger partial charge in [-0.3, -0.25) is 0 Å². The van der Waals surface area contributed by atoms with Crippen LogP contribution in [0.2, 0.25) is 0 Å². The predicted octanol–water partition coefficient (Wildman–Crippen LogP) is 4.34. The van der Waals surface area contributed by atoms with Gasteiger partial charge in [-0.15, -0.1) is 11.8 Å². The topological polar surface area (TPSA) is 0 Å². The van der Waals surface area contributed by atoms with E-state index in [4.69, 9.17) is 0 Å². The van der Waals surface area contributed by atoms with Gasteiger partial charge in [0.05, 0.1) is 0 Å². The Kier molecular flexibility index (Phi) is 3.65. The summed E-state index contributed by atoms with van der Waals surface area (Å²) in [5.41, 5.74) is 1.74. The smallest absolute Gasteiger partial charge is 0.0107 e. The van der Waals surface area contributed by atoms with Gasteiger partial charge in [-0.25, -0.2) is 0 Å². The summed E-state index contributed by atoms with van der Waals surface area (Å²) < 4.78 is 0. The fraction of sp³-hybridized carbons (Fsp3) is 0.538. The zero-order valence-electron chi connectivity index (χ0n) is 9.79. The predicted molar refractivity (Wildman–Crippen MR) is 66.1 cm³/mol. The molecule has 0 heterocycles. The van der Waals surface area contributed by atoms with Crippen molar-refractivity contribution in [2.45, 2.75) is 38.0 Å². The summed E-state index contributed by atoms with van der Waals surface area (Å²) in [4.78, 5) is 1.41. The van der Waals surface area contributed by atoms with Crippen LogP contribution in [0.3, 0.4) is 0 Å². The Morgan fingerprint density at radius 2 is 1.71 bits per heavy atom. The number of hydrogen-bond acceptors (Lipinski definition) is 1. The highest BCUT2D eigenvalue weighted by Crippen LogP contribution is 2.36. The summed E-state index contributed by atoms with van der Waals surface area (Å²) in [6.45, 7) is 9.23. The maximum atomic E-state index is 2.33. The van der Waals surface area contributed by atoms with E-state index in [-0.39, 0.29) is 5.41 Å². The minimum Gasteiger partial charge on any atom is -0.129 e. The van der Waals surface area contributed by atoms with E-state index >= 15 is 0 Å². The number of hydrogen-bond donors (Lipinski definition) is 0. The van der Waals surface area contributed by atoms with Gasteiger partial charge < -0.3 is 0 Å². The summed E-state index contributed by atoms with van der Waals surface area (Å²) in [5.74, 6) is 0.663. The van der Waals surface area contributed by atoms with E-state index < -0.39 is 0 Å². The van der Waals surface area contributed by atoms with Crippen molar-refractivity contribution < 1.29 is 0 Å². The van der Waals surface area contributed by atoms with Gasteiger partial charge in [0.15, 0.2) is 0 Å². The summed E-state index contributed by atoms with van der Waals surface area (Å²) in [7, 11) is 0. The van der Waals surface area contributed by atoms with Gasteiger partial charge in [0.1, 0.15) is 0 Å². The first kappa shape index (κ1) is 11.6. The third-order valence-corrected chi connectivity index (χ3v) is 4.04. The highest BCUT2D eigenvalue weighted by atomic mass is 32.2. The summed E-state index contributed by atoms with van der Waals surface area (Å²) >= 11 is 1.84. The molecular formula is C13H20S. The molecule has 0 N–H and O–H groups in total. The van der Waals surface area contributed by atoms with E-state index in [1.807, 2.05) is 11.8 Å². The first-order valence-electron chi connectivity index (χ1n) is 5.13. The quantitative estimate of drug-likeness (QED) is 0.666. The van der Waals surface area contributed by atoms with Gasteiger partial charge in [0, 0.05) is 4.90 Å². The van der Waals surface area contributed by atoms with Crippen molar-refractivity contribution >= 4 is 11.8 Å². The highest BCUT2D eigenvalue weighted by Gasteiger charge is 2.26. The first-order valence-corrected chi connectivity index (χ1v) is 6.36. The molecule has 0 atom stereocenters. The van der Waals surface area contributed by atoms with Gasteiger partial charge in [0.2, 0.25) is 0 Å². The van der Waals surface area contributed by atoms with Crippen LogP contribution in [0.25, 0.3) is 0 Å². The fourth-order valence-corrected chi connectivity index (χ4v) is 2.25. The molecular weight excluding hydrogens is 188 g/mol. The second kappa shape index (κ2) is 4.39. The second-order valence-electron chi connectivity index (χ2n) is 4.58. The third-order valence-electron chi connectivity index (χ3n) is 3.24. The Labute approximate surface area is 92.1 Å². The Bertz CT molecular complexity index is 300. The van der Waals surface area contributed by atoms with Crippen LogP contribution in [-0.4, -0.2) is 6.26 Å². The SMILES string of the molecule is CSc1ccccc1C(C)(C)C(C)C. The molecule has 0 spiro atoms. The van der Waals surface area contributed by atoms with Crippen LogP contribution >= 0.6 is 11.8 Å². The van der Waals surface area contributed by atoms with Crippen molar-refractivity contribution in [3.63, 3.8) is 0 Å². The van der Waals surface area contributed by atoms with Gasteiger partial charge in [-0.2, -0.15) is 0 Å². The van der Waals surface area contributed by atoms with Crippen molar-refractivity contribution in [3.8, 4) is 0 Å². The van der Waals surface area contributed by atoms with E-state index in [1.165, 1.54) is 10.5 Å². The molecule has 0 unspecified atom stereocenters. The molecule has 0 amide bonds. The van der Waals surface area contributed by atoms with Crippen LogP contribution in [0, 0.1) is 5.92 Å². The van der Waals surface area contributed by atoms with Crippen LogP contribution in [0.15, 0.2) is 29.2 Å². The summed E-state index contributed by atoms with van der Waals surface area (Å²) in [6, 6.07) is 8.72. The van der Waals surface area contributed by atoms with Crippen molar-refractivity contribution in [2.24, 2.45) is 5.92 Å².